The molecule has 2 heterocycles. The van der Waals surface area contributed by atoms with Crippen molar-refractivity contribution in [3.8, 4) is 0 Å². The number of amides is 1. The Bertz CT molecular complexity index is 417. The summed E-state index contributed by atoms with van der Waals surface area (Å²) in [6, 6.07) is 0.0162. The number of aryl methyl sites for hydroxylation is 2. The minimum Gasteiger partial charge on any atom is -0.394 e. The van der Waals surface area contributed by atoms with Gasteiger partial charge in [-0.05, 0) is 26.7 Å². The van der Waals surface area contributed by atoms with Crippen LogP contribution in [0.2, 0.25) is 0 Å². The molecule has 0 radical (unpaired) electrons. The summed E-state index contributed by atoms with van der Waals surface area (Å²) in [5.74, 6) is 0.0925. The molecule has 1 aromatic heterocycles. The van der Waals surface area contributed by atoms with Crippen LogP contribution in [-0.4, -0.2) is 40.1 Å². The Balaban J connectivity index is 2.04. The molecule has 1 amide bonds. The Morgan fingerprint density at radius 2 is 2.35 bits per heavy atom. The molecule has 5 heteroatoms. The third kappa shape index (κ3) is 2.66. The van der Waals surface area contributed by atoms with Crippen LogP contribution in [0.3, 0.4) is 0 Å². The molecule has 94 valence electrons. The first-order chi connectivity index (χ1) is 8.11. The van der Waals surface area contributed by atoms with Crippen molar-refractivity contribution in [2.24, 2.45) is 0 Å². The van der Waals surface area contributed by atoms with Gasteiger partial charge in [-0.15, -0.1) is 11.3 Å². The van der Waals surface area contributed by atoms with Crippen LogP contribution in [-0.2, 0) is 11.2 Å². The molecule has 0 aliphatic carbocycles. The van der Waals surface area contributed by atoms with Crippen LogP contribution < -0.4 is 0 Å². The van der Waals surface area contributed by atoms with Crippen molar-refractivity contribution >= 4 is 17.2 Å². The number of nitrogens with zero attached hydrogens (tertiary/aromatic N) is 2. The first-order valence-electron chi connectivity index (χ1n) is 5.95. The molecule has 0 bridgehead atoms. The molecule has 0 spiro atoms. The highest BCUT2D eigenvalue weighted by Gasteiger charge is 2.28. The summed E-state index contributed by atoms with van der Waals surface area (Å²) in [5, 5.41) is 10.2. The van der Waals surface area contributed by atoms with Gasteiger partial charge in [-0.2, -0.15) is 0 Å². The third-order valence-corrected chi connectivity index (χ3v) is 4.16. The maximum Gasteiger partial charge on any atom is 0.228 e. The lowest BCUT2D eigenvalue weighted by atomic mass is 10.2. The lowest BCUT2D eigenvalue weighted by Crippen LogP contribution is -2.38. The lowest BCUT2D eigenvalue weighted by Gasteiger charge is -2.22. The number of aliphatic hydroxyl groups is 1. The van der Waals surface area contributed by atoms with Gasteiger partial charge in [0.1, 0.15) is 0 Å². The average Bonchev–Trinajstić information content (AvgIpc) is 2.85. The monoisotopic (exact) mass is 254 g/mol. The quantitative estimate of drug-likeness (QED) is 0.884. The van der Waals surface area contributed by atoms with Crippen molar-refractivity contribution in [1.29, 1.82) is 0 Å². The number of thiazole rings is 1. The van der Waals surface area contributed by atoms with E-state index in [0.717, 1.165) is 35.0 Å². The zero-order chi connectivity index (χ0) is 12.4. The Kier molecular flexibility index (Phi) is 3.79. The molecule has 1 saturated heterocycles. The van der Waals surface area contributed by atoms with Crippen molar-refractivity contribution in [1.82, 2.24) is 9.88 Å². The van der Waals surface area contributed by atoms with Crippen LogP contribution in [0.1, 0.15) is 28.4 Å². The highest BCUT2D eigenvalue weighted by atomic mass is 32.1. The molecule has 2 rings (SSSR count). The fourth-order valence-corrected chi connectivity index (χ4v) is 3.17. The van der Waals surface area contributed by atoms with E-state index < -0.39 is 0 Å². The van der Waals surface area contributed by atoms with Gasteiger partial charge in [0, 0.05) is 11.4 Å². The smallest absolute Gasteiger partial charge is 0.228 e. The minimum absolute atomic E-state index is 0.0162. The second-order valence-electron chi connectivity index (χ2n) is 4.48. The van der Waals surface area contributed by atoms with E-state index in [1.165, 1.54) is 0 Å². The first-order valence-corrected chi connectivity index (χ1v) is 6.76. The van der Waals surface area contributed by atoms with Crippen molar-refractivity contribution in [3.63, 3.8) is 0 Å². The van der Waals surface area contributed by atoms with Gasteiger partial charge in [0.05, 0.1) is 29.8 Å². The highest BCUT2D eigenvalue weighted by molar-refractivity contribution is 7.11. The minimum atomic E-state index is 0.0162. The van der Waals surface area contributed by atoms with E-state index >= 15 is 0 Å². The molecule has 1 aromatic rings. The zero-order valence-electron chi connectivity index (χ0n) is 10.3. The van der Waals surface area contributed by atoms with Crippen molar-refractivity contribution in [3.05, 3.63) is 15.6 Å². The number of rotatable bonds is 3. The lowest BCUT2D eigenvalue weighted by molar-refractivity contribution is -0.132. The average molecular weight is 254 g/mol. The van der Waals surface area contributed by atoms with E-state index in [-0.39, 0.29) is 18.6 Å². The third-order valence-electron chi connectivity index (χ3n) is 3.23. The first kappa shape index (κ1) is 12.5. The summed E-state index contributed by atoms with van der Waals surface area (Å²) in [6.45, 7) is 4.80. The van der Waals surface area contributed by atoms with Gasteiger partial charge in [0.25, 0.3) is 0 Å². The molecule has 1 aliphatic heterocycles. The fourth-order valence-electron chi connectivity index (χ4n) is 2.33. The molecule has 0 aromatic carbocycles. The van der Waals surface area contributed by atoms with Crippen LogP contribution in [0.15, 0.2) is 0 Å². The van der Waals surface area contributed by atoms with Gasteiger partial charge in [0.2, 0.25) is 5.91 Å². The van der Waals surface area contributed by atoms with Crippen molar-refractivity contribution in [2.75, 3.05) is 13.2 Å². The van der Waals surface area contributed by atoms with Crippen molar-refractivity contribution < 1.29 is 9.90 Å². The van der Waals surface area contributed by atoms with E-state index in [0.29, 0.717) is 6.42 Å². The van der Waals surface area contributed by atoms with E-state index in [9.17, 15) is 9.90 Å². The van der Waals surface area contributed by atoms with Crippen LogP contribution in [0.4, 0.5) is 0 Å². The Morgan fingerprint density at radius 1 is 1.59 bits per heavy atom. The predicted molar refractivity (Wildman–Crippen MR) is 67.1 cm³/mol. The van der Waals surface area contributed by atoms with Gasteiger partial charge in [-0.3, -0.25) is 4.79 Å². The predicted octanol–water partition coefficient (Wildman–Crippen LogP) is 1.29. The molecular formula is C12H18N2O2S. The molecule has 1 aliphatic rings. The maximum atomic E-state index is 12.1. The molecular weight excluding hydrogens is 236 g/mol. The molecule has 0 unspecified atom stereocenters. The van der Waals surface area contributed by atoms with E-state index in [4.69, 9.17) is 0 Å². The van der Waals surface area contributed by atoms with E-state index in [1.54, 1.807) is 16.2 Å². The Morgan fingerprint density at radius 3 is 2.94 bits per heavy atom. The van der Waals surface area contributed by atoms with Crippen LogP contribution >= 0.6 is 11.3 Å². The maximum absolute atomic E-state index is 12.1. The summed E-state index contributed by atoms with van der Waals surface area (Å²) in [6.07, 6.45) is 2.27. The summed E-state index contributed by atoms with van der Waals surface area (Å²) in [5.41, 5.74) is 0.890. The molecule has 1 fully saturated rings. The summed E-state index contributed by atoms with van der Waals surface area (Å²) >= 11 is 1.63. The molecule has 1 N–H and O–H groups in total. The number of carbonyl (C=O) groups excluding carboxylic acids is 1. The van der Waals surface area contributed by atoms with Crippen LogP contribution in [0.25, 0.3) is 0 Å². The zero-order valence-corrected chi connectivity index (χ0v) is 11.1. The largest absolute Gasteiger partial charge is 0.394 e. The number of carbonyl (C=O) groups is 1. The number of hydrogen-bond donors (Lipinski definition) is 1. The highest BCUT2D eigenvalue weighted by Crippen LogP contribution is 2.21. The Labute approximate surface area is 105 Å². The van der Waals surface area contributed by atoms with Crippen molar-refractivity contribution in [2.45, 2.75) is 39.2 Å². The summed E-state index contributed by atoms with van der Waals surface area (Å²) < 4.78 is 0. The van der Waals surface area contributed by atoms with Gasteiger partial charge < -0.3 is 10.0 Å². The number of aromatic nitrogens is 1. The van der Waals surface area contributed by atoms with E-state index in [2.05, 4.69) is 4.98 Å². The van der Waals surface area contributed by atoms with Gasteiger partial charge in [0.15, 0.2) is 0 Å². The van der Waals surface area contributed by atoms with Crippen LogP contribution in [0, 0.1) is 13.8 Å². The number of likely N-dealkylation sites (tertiary alicyclic amines) is 1. The number of aliphatic hydroxyl groups excluding tert-OH is 1. The molecule has 4 nitrogen and oxygen atoms in total. The van der Waals surface area contributed by atoms with Gasteiger partial charge >= 0.3 is 0 Å². The topological polar surface area (TPSA) is 53.4 Å². The normalized spacial score (nSPS) is 19.9. The second-order valence-corrected chi connectivity index (χ2v) is 5.89. The SMILES string of the molecule is Cc1nc(CC(=O)N2CCC[C@@H]2CO)c(C)s1. The van der Waals surface area contributed by atoms with E-state index in [1.807, 2.05) is 13.8 Å². The Hall–Kier alpha value is -0.940. The van der Waals surface area contributed by atoms with Gasteiger partial charge in [-0.1, -0.05) is 0 Å². The molecule has 1 atom stereocenters. The summed E-state index contributed by atoms with van der Waals surface area (Å²) in [4.78, 5) is 19.4. The van der Waals surface area contributed by atoms with Gasteiger partial charge in [-0.25, -0.2) is 4.98 Å². The van der Waals surface area contributed by atoms with Crippen LogP contribution in [0.5, 0.6) is 0 Å². The second kappa shape index (κ2) is 5.14. The fraction of sp³-hybridized carbons (Fsp3) is 0.667. The summed E-state index contributed by atoms with van der Waals surface area (Å²) in [7, 11) is 0. The standard InChI is InChI=1S/C12H18N2O2S/c1-8-11(13-9(2)17-8)6-12(16)14-5-3-4-10(14)7-15/h10,15H,3-7H2,1-2H3/t10-/m1/s1. The molecule has 0 saturated carbocycles. The molecule has 17 heavy (non-hydrogen) atoms. The number of hydrogen-bond acceptors (Lipinski definition) is 4.